The Morgan fingerprint density at radius 3 is 2.14 bits per heavy atom. The van der Waals surface area contributed by atoms with Crippen LogP contribution >= 0.6 is 0 Å². The Balaban J connectivity index is 1.29. The first-order valence-corrected chi connectivity index (χ1v) is 12.2. The average Bonchev–Trinajstić information content (AvgIpc) is 2.93. The predicted molar refractivity (Wildman–Crippen MR) is 142 cm³/mol. The SMILES string of the molecule is COc1ccc(-c2ccc(=O)n(CCCC(=O)NCCC(c3ccccc3)c3ccccc3)n2)cc1. The van der Waals surface area contributed by atoms with Gasteiger partial charge in [-0.15, -0.1) is 0 Å². The van der Waals surface area contributed by atoms with Gasteiger partial charge in [-0.1, -0.05) is 60.7 Å². The fourth-order valence-electron chi connectivity index (χ4n) is 4.26. The summed E-state index contributed by atoms with van der Waals surface area (Å²) in [5, 5.41) is 7.52. The number of nitrogens with one attached hydrogen (secondary N) is 1. The van der Waals surface area contributed by atoms with Gasteiger partial charge in [-0.2, -0.15) is 5.10 Å². The third-order valence-electron chi connectivity index (χ3n) is 6.19. The van der Waals surface area contributed by atoms with Crippen molar-refractivity contribution in [1.29, 1.82) is 0 Å². The Morgan fingerprint density at radius 1 is 0.889 bits per heavy atom. The largest absolute Gasteiger partial charge is 0.497 e. The molecule has 0 aliphatic heterocycles. The van der Waals surface area contributed by atoms with Crippen molar-refractivity contribution < 1.29 is 9.53 Å². The number of aromatic nitrogens is 2. The standard InChI is InChI=1S/C30H31N3O3/c1-36-26-16-14-25(15-17-26)28-18-19-30(35)33(32-28)22-8-13-29(34)31-21-20-27(23-9-4-2-5-10-23)24-11-6-3-7-12-24/h2-7,9-12,14-19,27H,8,13,20-22H2,1H3,(H,31,34). The molecule has 184 valence electrons. The van der Waals surface area contributed by atoms with E-state index in [0.29, 0.717) is 31.6 Å². The van der Waals surface area contributed by atoms with Gasteiger partial charge in [-0.05, 0) is 54.3 Å². The maximum absolute atomic E-state index is 12.5. The van der Waals surface area contributed by atoms with Crippen molar-refractivity contribution in [3.8, 4) is 17.0 Å². The molecule has 0 unspecified atom stereocenters. The van der Waals surface area contributed by atoms with E-state index in [-0.39, 0.29) is 17.4 Å². The maximum Gasteiger partial charge on any atom is 0.266 e. The topological polar surface area (TPSA) is 73.2 Å². The summed E-state index contributed by atoms with van der Waals surface area (Å²) in [6.07, 6.45) is 1.68. The summed E-state index contributed by atoms with van der Waals surface area (Å²) in [5.74, 6) is 0.961. The van der Waals surface area contributed by atoms with Crippen LogP contribution in [0.3, 0.4) is 0 Å². The van der Waals surface area contributed by atoms with Crippen LogP contribution in [0, 0.1) is 0 Å². The summed E-state index contributed by atoms with van der Waals surface area (Å²) >= 11 is 0. The summed E-state index contributed by atoms with van der Waals surface area (Å²) in [6, 6.07) is 31.5. The molecule has 0 spiro atoms. The number of benzene rings is 3. The number of hydrogen-bond donors (Lipinski definition) is 1. The minimum atomic E-state index is -0.179. The van der Waals surface area contributed by atoms with E-state index in [4.69, 9.17) is 4.74 Å². The second-order valence-electron chi connectivity index (χ2n) is 8.62. The molecule has 1 N–H and O–H groups in total. The highest BCUT2D eigenvalue weighted by Gasteiger charge is 2.14. The Bertz CT molecular complexity index is 1260. The molecule has 0 atom stereocenters. The molecule has 0 aliphatic rings. The first-order chi connectivity index (χ1) is 17.6. The van der Waals surface area contributed by atoms with Crippen LogP contribution < -0.4 is 15.6 Å². The van der Waals surface area contributed by atoms with Gasteiger partial charge < -0.3 is 10.1 Å². The Morgan fingerprint density at radius 2 is 1.53 bits per heavy atom. The van der Waals surface area contributed by atoms with Gasteiger partial charge in [0.1, 0.15) is 5.75 Å². The maximum atomic E-state index is 12.5. The molecule has 0 radical (unpaired) electrons. The van der Waals surface area contributed by atoms with Crippen molar-refractivity contribution in [3.63, 3.8) is 0 Å². The molecule has 4 rings (SSSR count). The van der Waals surface area contributed by atoms with Gasteiger partial charge >= 0.3 is 0 Å². The number of rotatable bonds is 11. The molecule has 0 saturated carbocycles. The molecule has 0 saturated heterocycles. The number of ether oxygens (including phenoxy) is 1. The van der Waals surface area contributed by atoms with Crippen LogP contribution in [0.15, 0.2) is 102 Å². The molecule has 6 heteroatoms. The van der Waals surface area contributed by atoms with Gasteiger partial charge in [0, 0.05) is 37.1 Å². The number of aryl methyl sites for hydroxylation is 1. The van der Waals surface area contributed by atoms with E-state index < -0.39 is 0 Å². The molecule has 0 aliphatic carbocycles. The number of amides is 1. The first-order valence-electron chi connectivity index (χ1n) is 12.2. The van der Waals surface area contributed by atoms with Crippen molar-refractivity contribution in [3.05, 3.63) is 119 Å². The predicted octanol–water partition coefficient (Wildman–Crippen LogP) is 5.04. The van der Waals surface area contributed by atoms with E-state index in [9.17, 15) is 9.59 Å². The van der Waals surface area contributed by atoms with E-state index >= 15 is 0 Å². The molecule has 3 aromatic carbocycles. The van der Waals surface area contributed by atoms with Crippen LogP contribution in [-0.4, -0.2) is 29.3 Å². The van der Waals surface area contributed by atoms with Crippen molar-refractivity contribution in [2.45, 2.75) is 31.7 Å². The number of hydrogen-bond acceptors (Lipinski definition) is 4. The minimum absolute atomic E-state index is 0.0192. The van der Waals surface area contributed by atoms with Gasteiger partial charge in [-0.3, -0.25) is 9.59 Å². The summed E-state index contributed by atoms with van der Waals surface area (Å²) in [7, 11) is 1.62. The second-order valence-corrected chi connectivity index (χ2v) is 8.62. The van der Waals surface area contributed by atoms with Crippen LogP contribution in [0.5, 0.6) is 5.75 Å². The van der Waals surface area contributed by atoms with Gasteiger partial charge in [0.05, 0.1) is 12.8 Å². The Kier molecular flexibility index (Phi) is 8.65. The molecular weight excluding hydrogens is 450 g/mol. The summed E-state index contributed by atoms with van der Waals surface area (Å²) < 4.78 is 6.62. The minimum Gasteiger partial charge on any atom is -0.497 e. The van der Waals surface area contributed by atoms with Crippen LogP contribution in [0.4, 0.5) is 0 Å². The zero-order valence-corrected chi connectivity index (χ0v) is 20.5. The monoisotopic (exact) mass is 481 g/mol. The third-order valence-corrected chi connectivity index (χ3v) is 6.19. The van der Waals surface area contributed by atoms with Gasteiger partial charge in [0.15, 0.2) is 0 Å². The molecular formula is C30H31N3O3. The molecule has 4 aromatic rings. The van der Waals surface area contributed by atoms with Crippen molar-refractivity contribution in [1.82, 2.24) is 15.1 Å². The number of carbonyl (C=O) groups is 1. The lowest BCUT2D eigenvalue weighted by molar-refractivity contribution is -0.121. The smallest absolute Gasteiger partial charge is 0.266 e. The summed E-state index contributed by atoms with van der Waals surface area (Å²) in [5.41, 5.74) is 3.89. The number of methoxy groups -OCH3 is 1. The molecule has 1 amide bonds. The van der Waals surface area contributed by atoms with Crippen LogP contribution in [0.1, 0.15) is 36.3 Å². The zero-order valence-electron chi connectivity index (χ0n) is 20.5. The van der Waals surface area contributed by atoms with Crippen LogP contribution in [0.25, 0.3) is 11.3 Å². The highest BCUT2D eigenvalue weighted by Crippen LogP contribution is 2.27. The first kappa shape index (κ1) is 24.9. The van der Waals surface area contributed by atoms with E-state index in [2.05, 4.69) is 34.7 Å². The van der Waals surface area contributed by atoms with E-state index in [0.717, 1.165) is 17.7 Å². The second kappa shape index (κ2) is 12.5. The highest BCUT2D eigenvalue weighted by molar-refractivity contribution is 5.75. The van der Waals surface area contributed by atoms with Crippen molar-refractivity contribution in [2.75, 3.05) is 13.7 Å². The van der Waals surface area contributed by atoms with Gasteiger partial charge in [-0.25, -0.2) is 4.68 Å². The fraction of sp³-hybridized carbons (Fsp3) is 0.233. The van der Waals surface area contributed by atoms with E-state index in [1.807, 2.05) is 60.7 Å². The normalized spacial score (nSPS) is 10.8. The van der Waals surface area contributed by atoms with Crippen molar-refractivity contribution >= 4 is 5.91 Å². The Hall–Kier alpha value is -4.19. The molecule has 6 nitrogen and oxygen atoms in total. The summed E-state index contributed by atoms with van der Waals surface area (Å²) in [6.45, 7) is 0.964. The van der Waals surface area contributed by atoms with Gasteiger partial charge in [0.25, 0.3) is 5.56 Å². The molecule has 1 heterocycles. The molecule has 36 heavy (non-hydrogen) atoms. The van der Waals surface area contributed by atoms with Crippen LogP contribution in [-0.2, 0) is 11.3 Å². The average molecular weight is 482 g/mol. The Labute approximate surface area is 211 Å². The quantitative estimate of drug-likeness (QED) is 0.326. The zero-order chi connectivity index (χ0) is 25.2. The van der Waals surface area contributed by atoms with E-state index in [1.54, 1.807) is 13.2 Å². The van der Waals surface area contributed by atoms with Crippen LogP contribution in [0.2, 0.25) is 0 Å². The van der Waals surface area contributed by atoms with E-state index in [1.165, 1.54) is 21.9 Å². The van der Waals surface area contributed by atoms with Crippen molar-refractivity contribution in [2.24, 2.45) is 0 Å². The van der Waals surface area contributed by atoms with Gasteiger partial charge in [0.2, 0.25) is 5.91 Å². The molecule has 0 fully saturated rings. The molecule has 1 aromatic heterocycles. The number of carbonyl (C=O) groups excluding carboxylic acids is 1. The summed E-state index contributed by atoms with van der Waals surface area (Å²) in [4.78, 5) is 24.8. The lowest BCUT2D eigenvalue weighted by Crippen LogP contribution is -2.27. The third kappa shape index (κ3) is 6.69. The molecule has 0 bridgehead atoms. The fourth-order valence-corrected chi connectivity index (χ4v) is 4.26. The lowest BCUT2D eigenvalue weighted by atomic mass is 9.88. The number of nitrogens with zero attached hydrogens (tertiary/aromatic N) is 2. The highest BCUT2D eigenvalue weighted by atomic mass is 16.5. The lowest BCUT2D eigenvalue weighted by Gasteiger charge is -2.18.